The summed E-state index contributed by atoms with van der Waals surface area (Å²) in [5.74, 6) is 0. The quantitative estimate of drug-likeness (QED) is 0.0567. The molecule has 2 rings (SSSR count). The van der Waals surface area contributed by atoms with Crippen molar-refractivity contribution in [3.63, 3.8) is 0 Å². The van der Waals surface area contributed by atoms with Crippen LogP contribution < -0.4 is 10.4 Å². The van der Waals surface area contributed by atoms with Crippen LogP contribution in [-0.4, -0.2) is 67.8 Å². The van der Waals surface area contributed by atoms with Crippen molar-refractivity contribution in [1.29, 1.82) is 0 Å². The molecule has 0 aromatic heterocycles. The van der Waals surface area contributed by atoms with E-state index >= 15 is 0 Å². The molecule has 0 saturated carbocycles. The standard InChI is InChI=1S/C42H72O5Si/c1-5-6-7-8-9-10-11-12-13-14-15-16-17-18-19-26-31-43-32-33-44-34-35-45-36-37-46-38-39-47-48(42(2,3)4,40-27-22-20-23-28-40)41-29-24-21-25-30-41/h20-25,27-30H,5-19,26,31-39H2,1-4H3. The van der Waals surface area contributed by atoms with E-state index in [1.807, 2.05) is 0 Å². The third-order valence-corrected chi connectivity index (χ3v) is 14.3. The summed E-state index contributed by atoms with van der Waals surface area (Å²) in [6.07, 6.45) is 22.3. The first-order valence-electron chi connectivity index (χ1n) is 19.6. The highest BCUT2D eigenvalue weighted by Crippen LogP contribution is 2.36. The molecule has 48 heavy (non-hydrogen) atoms. The Morgan fingerprint density at radius 1 is 0.396 bits per heavy atom. The molecule has 0 amide bonds. The van der Waals surface area contributed by atoms with Gasteiger partial charge < -0.3 is 23.4 Å². The van der Waals surface area contributed by atoms with Crippen LogP contribution in [0.3, 0.4) is 0 Å². The highest BCUT2D eigenvalue weighted by atomic mass is 28.4. The Morgan fingerprint density at radius 2 is 0.708 bits per heavy atom. The van der Waals surface area contributed by atoms with Crippen LogP contribution in [0.15, 0.2) is 60.7 Å². The van der Waals surface area contributed by atoms with E-state index in [4.69, 9.17) is 23.4 Å². The fourth-order valence-corrected chi connectivity index (χ4v) is 11.1. The number of hydrogen-bond acceptors (Lipinski definition) is 5. The second kappa shape index (κ2) is 28.2. The number of ether oxygens (including phenoxy) is 4. The molecule has 0 saturated heterocycles. The van der Waals surface area contributed by atoms with Gasteiger partial charge in [0.05, 0.1) is 52.9 Å². The predicted molar refractivity (Wildman–Crippen MR) is 206 cm³/mol. The van der Waals surface area contributed by atoms with Crippen molar-refractivity contribution in [2.45, 2.75) is 135 Å². The molecule has 0 unspecified atom stereocenters. The largest absolute Gasteiger partial charge is 0.405 e. The number of rotatable bonds is 32. The zero-order valence-corrected chi connectivity index (χ0v) is 32.5. The molecule has 0 bridgehead atoms. The molecule has 0 fully saturated rings. The molecule has 0 atom stereocenters. The van der Waals surface area contributed by atoms with Gasteiger partial charge in [0.25, 0.3) is 8.32 Å². The average Bonchev–Trinajstić information content (AvgIpc) is 3.09. The Balaban J connectivity index is 1.37. The fraction of sp³-hybridized carbons (Fsp3) is 0.714. The van der Waals surface area contributed by atoms with Gasteiger partial charge in [-0.15, -0.1) is 0 Å². The van der Waals surface area contributed by atoms with Crippen LogP contribution >= 0.6 is 0 Å². The van der Waals surface area contributed by atoms with Gasteiger partial charge in [0.1, 0.15) is 0 Å². The van der Waals surface area contributed by atoms with Crippen molar-refractivity contribution < 1.29 is 23.4 Å². The summed E-state index contributed by atoms with van der Waals surface area (Å²) in [5, 5.41) is 2.55. The maximum absolute atomic E-state index is 6.87. The molecule has 0 heterocycles. The SMILES string of the molecule is CCCCCCCCCCCCCCCCCCOCCOCCOCCOCCO[Si](c1ccccc1)(c1ccccc1)C(C)(C)C. The smallest absolute Gasteiger partial charge is 0.261 e. The van der Waals surface area contributed by atoms with Gasteiger partial charge in [0.2, 0.25) is 0 Å². The van der Waals surface area contributed by atoms with E-state index < -0.39 is 8.32 Å². The van der Waals surface area contributed by atoms with Gasteiger partial charge in [0.15, 0.2) is 0 Å². The van der Waals surface area contributed by atoms with Crippen molar-refractivity contribution in [1.82, 2.24) is 0 Å². The van der Waals surface area contributed by atoms with Crippen LogP contribution in [0, 0.1) is 0 Å². The molecule has 0 radical (unpaired) electrons. The van der Waals surface area contributed by atoms with E-state index in [-0.39, 0.29) is 5.04 Å². The van der Waals surface area contributed by atoms with Gasteiger partial charge in [-0.1, -0.05) is 185 Å². The Kier molecular flexibility index (Phi) is 25.0. The molecule has 274 valence electrons. The average molecular weight is 685 g/mol. The van der Waals surface area contributed by atoms with Crippen LogP contribution in [0.25, 0.3) is 0 Å². The zero-order valence-electron chi connectivity index (χ0n) is 31.5. The minimum absolute atomic E-state index is 0.0323. The highest BCUT2D eigenvalue weighted by Gasteiger charge is 2.50. The van der Waals surface area contributed by atoms with Gasteiger partial charge in [-0.2, -0.15) is 0 Å². The monoisotopic (exact) mass is 685 g/mol. The summed E-state index contributed by atoms with van der Waals surface area (Å²) < 4.78 is 29.8. The minimum Gasteiger partial charge on any atom is -0.405 e. The maximum atomic E-state index is 6.87. The third-order valence-electron chi connectivity index (χ3n) is 9.22. The first kappa shape index (κ1) is 42.6. The van der Waals surface area contributed by atoms with E-state index in [2.05, 4.69) is 88.4 Å². The molecule has 0 spiro atoms. The maximum Gasteiger partial charge on any atom is 0.261 e. The van der Waals surface area contributed by atoms with Crippen molar-refractivity contribution in [2.75, 3.05) is 59.5 Å². The lowest BCUT2D eigenvalue weighted by Gasteiger charge is -2.43. The van der Waals surface area contributed by atoms with Crippen LogP contribution in [0.1, 0.15) is 130 Å². The summed E-state index contributed by atoms with van der Waals surface area (Å²) >= 11 is 0. The highest BCUT2D eigenvalue weighted by molar-refractivity contribution is 6.99. The fourth-order valence-electron chi connectivity index (χ4n) is 6.53. The molecule has 2 aromatic carbocycles. The van der Waals surface area contributed by atoms with E-state index in [1.165, 1.54) is 107 Å². The van der Waals surface area contributed by atoms with Crippen LogP contribution in [0.5, 0.6) is 0 Å². The second-order valence-corrected chi connectivity index (χ2v) is 18.6. The van der Waals surface area contributed by atoms with Crippen LogP contribution in [-0.2, 0) is 23.4 Å². The lowest BCUT2D eigenvalue weighted by Crippen LogP contribution is -2.66. The molecular formula is C42H72O5Si. The molecule has 0 N–H and O–H groups in total. The van der Waals surface area contributed by atoms with E-state index in [1.54, 1.807) is 0 Å². The number of unbranched alkanes of at least 4 members (excludes halogenated alkanes) is 15. The van der Waals surface area contributed by atoms with Gasteiger partial charge >= 0.3 is 0 Å². The van der Waals surface area contributed by atoms with Gasteiger partial charge in [0, 0.05) is 6.61 Å². The molecule has 0 aliphatic carbocycles. The normalized spacial score (nSPS) is 12.2. The Morgan fingerprint density at radius 3 is 1.06 bits per heavy atom. The van der Waals surface area contributed by atoms with Gasteiger partial charge in [-0.3, -0.25) is 0 Å². The van der Waals surface area contributed by atoms with Crippen molar-refractivity contribution in [2.24, 2.45) is 0 Å². The summed E-state index contributed by atoms with van der Waals surface area (Å²) in [7, 11) is -2.51. The number of hydrogen-bond donors (Lipinski definition) is 0. The predicted octanol–water partition coefficient (Wildman–Crippen LogP) is 9.89. The first-order valence-corrected chi connectivity index (χ1v) is 21.5. The van der Waals surface area contributed by atoms with E-state index in [0.29, 0.717) is 52.9 Å². The van der Waals surface area contributed by atoms with Crippen molar-refractivity contribution in [3.05, 3.63) is 60.7 Å². The molecule has 5 nitrogen and oxygen atoms in total. The Hall–Kier alpha value is -1.54. The molecule has 0 aliphatic rings. The van der Waals surface area contributed by atoms with Crippen LogP contribution in [0.4, 0.5) is 0 Å². The first-order chi connectivity index (χ1) is 23.5. The van der Waals surface area contributed by atoms with E-state index in [0.717, 1.165) is 13.0 Å². The topological polar surface area (TPSA) is 46.2 Å². The van der Waals surface area contributed by atoms with Crippen LogP contribution in [0.2, 0.25) is 5.04 Å². The summed E-state index contributed by atoms with van der Waals surface area (Å²) in [5.41, 5.74) is 0. The Bertz CT molecular complexity index is 925. The van der Waals surface area contributed by atoms with Crippen molar-refractivity contribution in [3.8, 4) is 0 Å². The molecule has 6 heteroatoms. The molecule has 2 aromatic rings. The molecular weight excluding hydrogens is 613 g/mol. The zero-order chi connectivity index (χ0) is 34.4. The summed E-state index contributed by atoms with van der Waals surface area (Å²) in [4.78, 5) is 0. The third kappa shape index (κ3) is 18.5. The lowest BCUT2D eigenvalue weighted by atomic mass is 10.0. The lowest BCUT2D eigenvalue weighted by molar-refractivity contribution is -0.00518. The Labute approximate surface area is 297 Å². The van der Waals surface area contributed by atoms with Gasteiger partial charge in [-0.05, 0) is 21.8 Å². The number of benzene rings is 2. The minimum atomic E-state index is -2.51. The second-order valence-electron chi connectivity index (χ2n) is 14.3. The molecule has 0 aliphatic heterocycles. The van der Waals surface area contributed by atoms with Gasteiger partial charge in [-0.25, -0.2) is 0 Å². The summed E-state index contributed by atoms with van der Waals surface area (Å²) in [6.45, 7) is 14.7. The summed E-state index contributed by atoms with van der Waals surface area (Å²) in [6, 6.07) is 21.5. The van der Waals surface area contributed by atoms with E-state index in [9.17, 15) is 0 Å². The van der Waals surface area contributed by atoms with Crippen molar-refractivity contribution >= 4 is 18.7 Å².